The number of para-hydroxylation sites is 1. The van der Waals surface area contributed by atoms with E-state index in [4.69, 9.17) is 4.42 Å². The van der Waals surface area contributed by atoms with Gasteiger partial charge in [-0.1, -0.05) is 36.4 Å². The predicted molar refractivity (Wildman–Crippen MR) is 63.5 cm³/mol. The quantitative estimate of drug-likeness (QED) is 0.724. The first-order chi connectivity index (χ1) is 7.84. The van der Waals surface area contributed by atoms with E-state index in [2.05, 4.69) is 0 Å². The van der Waals surface area contributed by atoms with Crippen molar-refractivity contribution in [3.8, 4) is 0 Å². The standard InChI is InChI=1S/C14H10O2/c15-12-9-14(10-5-1-2-6-10)16-13-8-4-3-7-11(12)13/h1-10H. The largest absolute Gasteiger partial charge is 0.460 e. The second-order valence-electron chi connectivity index (χ2n) is 3.80. The molecule has 0 amide bonds. The highest BCUT2D eigenvalue weighted by atomic mass is 16.3. The Morgan fingerprint density at radius 1 is 1.06 bits per heavy atom. The fourth-order valence-corrected chi connectivity index (χ4v) is 1.91. The maximum absolute atomic E-state index is 11.8. The van der Waals surface area contributed by atoms with Crippen molar-refractivity contribution in [2.75, 3.05) is 0 Å². The molecule has 1 aliphatic rings. The van der Waals surface area contributed by atoms with Crippen molar-refractivity contribution in [2.24, 2.45) is 0 Å². The zero-order valence-electron chi connectivity index (χ0n) is 8.59. The Labute approximate surface area is 92.5 Å². The van der Waals surface area contributed by atoms with E-state index in [0.29, 0.717) is 16.7 Å². The lowest BCUT2D eigenvalue weighted by Crippen LogP contribution is -2.03. The van der Waals surface area contributed by atoms with Crippen molar-refractivity contribution in [1.29, 1.82) is 0 Å². The highest BCUT2D eigenvalue weighted by Gasteiger charge is 2.12. The molecule has 0 atom stereocenters. The van der Waals surface area contributed by atoms with Crippen LogP contribution >= 0.6 is 0 Å². The van der Waals surface area contributed by atoms with Crippen molar-refractivity contribution in [2.45, 2.75) is 5.92 Å². The van der Waals surface area contributed by atoms with E-state index in [1.165, 1.54) is 0 Å². The Morgan fingerprint density at radius 2 is 1.81 bits per heavy atom. The highest BCUT2D eigenvalue weighted by molar-refractivity contribution is 5.76. The molecule has 2 heteroatoms. The van der Waals surface area contributed by atoms with Crippen molar-refractivity contribution in [3.63, 3.8) is 0 Å². The van der Waals surface area contributed by atoms with Crippen LogP contribution < -0.4 is 5.43 Å². The number of rotatable bonds is 1. The summed E-state index contributed by atoms with van der Waals surface area (Å²) in [4.78, 5) is 11.8. The lowest BCUT2D eigenvalue weighted by atomic mass is 10.1. The summed E-state index contributed by atoms with van der Waals surface area (Å²) in [6.45, 7) is 0. The number of allylic oxidation sites excluding steroid dienone is 4. The van der Waals surface area contributed by atoms with Crippen molar-refractivity contribution >= 4 is 11.0 Å². The molecule has 0 radical (unpaired) electrons. The molecular formula is C14H10O2. The molecule has 0 bridgehead atoms. The van der Waals surface area contributed by atoms with Crippen LogP contribution in [0.5, 0.6) is 0 Å². The molecule has 0 N–H and O–H groups in total. The Hall–Kier alpha value is -2.09. The highest BCUT2D eigenvalue weighted by Crippen LogP contribution is 2.24. The fourth-order valence-electron chi connectivity index (χ4n) is 1.91. The molecule has 2 aromatic rings. The van der Waals surface area contributed by atoms with Crippen LogP contribution in [0.4, 0.5) is 0 Å². The molecule has 0 unspecified atom stereocenters. The van der Waals surface area contributed by atoms with Crippen LogP contribution in [0, 0.1) is 0 Å². The van der Waals surface area contributed by atoms with E-state index in [0.717, 1.165) is 0 Å². The average Bonchev–Trinajstić information content (AvgIpc) is 2.82. The van der Waals surface area contributed by atoms with E-state index in [9.17, 15) is 4.79 Å². The minimum absolute atomic E-state index is 0.0190. The van der Waals surface area contributed by atoms with Gasteiger partial charge < -0.3 is 4.42 Å². The normalized spacial score (nSPS) is 15.0. The summed E-state index contributed by atoms with van der Waals surface area (Å²) in [6, 6.07) is 8.89. The number of fused-ring (bicyclic) bond motifs is 1. The van der Waals surface area contributed by atoms with Crippen LogP contribution in [0.25, 0.3) is 11.0 Å². The molecule has 0 saturated heterocycles. The monoisotopic (exact) mass is 210 g/mol. The van der Waals surface area contributed by atoms with Crippen molar-refractivity contribution in [3.05, 3.63) is 70.6 Å². The smallest absolute Gasteiger partial charge is 0.192 e. The molecule has 1 aromatic carbocycles. The molecule has 16 heavy (non-hydrogen) atoms. The molecule has 0 aliphatic heterocycles. The molecular weight excluding hydrogens is 200 g/mol. The van der Waals surface area contributed by atoms with Gasteiger partial charge in [-0.3, -0.25) is 4.79 Å². The first-order valence-corrected chi connectivity index (χ1v) is 5.22. The number of hydrogen-bond acceptors (Lipinski definition) is 2. The summed E-state index contributed by atoms with van der Waals surface area (Å²) in [6.07, 6.45) is 7.93. The van der Waals surface area contributed by atoms with Gasteiger partial charge in [0.1, 0.15) is 11.3 Å². The molecule has 1 aliphatic carbocycles. The van der Waals surface area contributed by atoms with Crippen molar-refractivity contribution in [1.82, 2.24) is 0 Å². The van der Waals surface area contributed by atoms with E-state index in [-0.39, 0.29) is 11.3 Å². The van der Waals surface area contributed by atoms with Crippen molar-refractivity contribution < 1.29 is 4.42 Å². The van der Waals surface area contributed by atoms with Gasteiger partial charge in [-0.2, -0.15) is 0 Å². The topological polar surface area (TPSA) is 30.2 Å². The van der Waals surface area contributed by atoms with Crippen LogP contribution in [0.15, 0.2) is 63.8 Å². The number of benzene rings is 1. The Balaban J connectivity index is 2.25. The van der Waals surface area contributed by atoms with Crippen LogP contribution in [0.2, 0.25) is 0 Å². The molecule has 3 rings (SSSR count). The first kappa shape index (κ1) is 9.16. The Bertz CT molecular complexity index is 635. The van der Waals surface area contributed by atoms with Crippen LogP contribution in [0.3, 0.4) is 0 Å². The van der Waals surface area contributed by atoms with Gasteiger partial charge in [0.25, 0.3) is 0 Å². The van der Waals surface area contributed by atoms with Gasteiger partial charge in [-0.15, -0.1) is 0 Å². The number of hydrogen-bond donors (Lipinski definition) is 0. The van der Waals surface area contributed by atoms with Gasteiger partial charge in [0, 0.05) is 6.07 Å². The summed E-state index contributed by atoms with van der Waals surface area (Å²) < 4.78 is 5.72. The van der Waals surface area contributed by atoms with E-state index in [1.807, 2.05) is 42.5 Å². The minimum atomic E-state index is 0.0190. The lowest BCUT2D eigenvalue weighted by Gasteiger charge is -2.05. The summed E-state index contributed by atoms with van der Waals surface area (Å²) in [5, 5.41) is 0.636. The van der Waals surface area contributed by atoms with Gasteiger partial charge >= 0.3 is 0 Å². The van der Waals surface area contributed by atoms with E-state index >= 15 is 0 Å². The average molecular weight is 210 g/mol. The Morgan fingerprint density at radius 3 is 2.62 bits per heavy atom. The minimum Gasteiger partial charge on any atom is -0.460 e. The van der Waals surface area contributed by atoms with Gasteiger partial charge in [-0.05, 0) is 12.1 Å². The van der Waals surface area contributed by atoms with Gasteiger partial charge in [0.2, 0.25) is 0 Å². The SMILES string of the molecule is O=c1cc(C2C=CC=C2)oc2ccccc12. The third-order valence-electron chi connectivity index (χ3n) is 2.73. The summed E-state index contributed by atoms with van der Waals surface area (Å²) >= 11 is 0. The summed E-state index contributed by atoms with van der Waals surface area (Å²) in [7, 11) is 0. The lowest BCUT2D eigenvalue weighted by molar-refractivity contribution is 0.537. The first-order valence-electron chi connectivity index (χ1n) is 5.22. The second-order valence-corrected chi connectivity index (χ2v) is 3.80. The molecule has 0 fully saturated rings. The van der Waals surface area contributed by atoms with E-state index in [1.54, 1.807) is 12.1 Å². The van der Waals surface area contributed by atoms with Gasteiger partial charge in [-0.25, -0.2) is 0 Å². The molecule has 1 aromatic heterocycles. The summed E-state index contributed by atoms with van der Waals surface area (Å²) in [5.41, 5.74) is 0.671. The van der Waals surface area contributed by atoms with Crippen LogP contribution in [0.1, 0.15) is 11.7 Å². The maximum Gasteiger partial charge on any atom is 0.192 e. The molecule has 0 saturated carbocycles. The maximum atomic E-state index is 11.8. The summed E-state index contributed by atoms with van der Waals surface area (Å²) in [5.74, 6) is 0.797. The molecule has 2 nitrogen and oxygen atoms in total. The third kappa shape index (κ3) is 1.39. The molecule has 0 spiro atoms. The second kappa shape index (κ2) is 3.49. The molecule has 78 valence electrons. The molecule has 1 heterocycles. The van der Waals surface area contributed by atoms with Crippen LogP contribution in [-0.2, 0) is 0 Å². The van der Waals surface area contributed by atoms with Crippen LogP contribution in [-0.4, -0.2) is 0 Å². The zero-order valence-corrected chi connectivity index (χ0v) is 8.59. The predicted octanol–water partition coefficient (Wildman–Crippen LogP) is 3.00. The van der Waals surface area contributed by atoms with E-state index < -0.39 is 0 Å². The third-order valence-corrected chi connectivity index (χ3v) is 2.73. The van der Waals surface area contributed by atoms with Gasteiger partial charge in [0.15, 0.2) is 5.43 Å². The van der Waals surface area contributed by atoms with Gasteiger partial charge in [0.05, 0.1) is 11.3 Å². The Kier molecular flexibility index (Phi) is 2.00. The zero-order chi connectivity index (χ0) is 11.0. The fraction of sp³-hybridized carbons (Fsp3) is 0.0714.